The topological polar surface area (TPSA) is 153 Å². The lowest BCUT2D eigenvalue weighted by Crippen LogP contribution is -2.37. The van der Waals surface area contributed by atoms with Gasteiger partial charge < -0.3 is 24.5 Å². The number of aromatic nitrogens is 2. The Hall–Kier alpha value is -2.28. The summed E-state index contributed by atoms with van der Waals surface area (Å²) in [4.78, 5) is 28.2. The summed E-state index contributed by atoms with van der Waals surface area (Å²) in [5.41, 5.74) is 4.86. The van der Waals surface area contributed by atoms with E-state index >= 15 is 0 Å². The molecule has 35 heavy (non-hydrogen) atoms. The van der Waals surface area contributed by atoms with Crippen LogP contribution in [0.2, 0.25) is 0 Å². The molecule has 1 aliphatic heterocycles. The number of hydrogen-bond acceptors (Lipinski definition) is 10. The lowest BCUT2D eigenvalue weighted by Gasteiger charge is -2.25. The van der Waals surface area contributed by atoms with Gasteiger partial charge in [0.05, 0.1) is 12.7 Å². The normalized spacial score (nSPS) is 21.1. The maximum Gasteiger partial charge on any atom is 0.463 e. The number of nitrogen functional groups attached to an aromatic ring is 1. The molecule has 1 aliphatic rings. The lowest BCUT2D eigenvalue weighted by molar-refractivity contribution is -0.197. The number of carbonyl (C=O) groups is 1. The smallest absolute Gasteiger partial charge is 0.462 e. The van der Waals surface area contributed by atoms with Gasteiger partial charge in [0.15, 0.2) is 6.23 Å². The standard InChI is InChI=1S/C21H28BrN4O8P/c1-4-5-13(2)31-19(27)14(3)25-35(29,33-16-8-6-15(22)7-9-16)34-21-30-12-18(32-21)26-11-10-17(23)24-20(26)28/h6-11,13-14,18,21H,4-5,12H2,1-3H3,(H,25,29)(H2,23,24,28)/t13-,14-,18-,21-,35?/m0/s1. The molecule has 0 aliphatic carbocycles. The van der Waals surface area contributed by atoms with Crippen molar-refractivity contribution in [1.29, 1.82) is 0 Å². The highest BCUT2D eigenvalue weighted by Crippen LogP contribution is 2.47. The first-order valence-corrected chi connectivity index (χ1v) is 13.3. The number of rotatable bonds is 11. The number of ether oxygens (including phenoxy) is 3. The largest absolute Gasteiger partial charge is 0.463 e. The quantitative estimate of drug-likeness (QED) is 0.300. The Morgan fingerprint density at radius 2 is 2.06 bits per heavy atom. The molecule has 0 saturated carbocycles. The summed E-state index contributed by atoms with van der Waals surface area (Å²) in [5, 5.41) is 2.57. The summed E-state index contributed by atoms with van der Waals surface area (Å²) in [6.45, 7) is 3.65. The minimum atomic E-state index is -4.25. The first-order chi connectivity index (χ1) is 16.6. The Labute approximate surface area is 210 Å². The predicted molar refractivity (Wildman–Crippen MR) is 129 cm³/mol. The molecule has 0 spiro atoms. The van der Waals surface area contributed by atoms with Crippen molar-refractivity contribution in [1.82, 2.24) is 14.6 Å². The van der Waals surface area contributed by atoms with Gasteiger partial charge in [-0.05, 0) is 50.6 Å². The summed E-state index contributed by atoms with van der Waals surface area (Å²) >= 11 is 3.32. The number of nitrogens with one attached hydrogen (secondary N) is 1. The predicted octanol–water partition coefficient (Wildman–Crippen LogP) is 3.33. The van der Waals surface area contributed by atoms with Crippen LogP contribution in [0.15, 0.2) is 45.8 Å². The summed E-state index contributed by atoms with van der Waals surface area (Å²) < 4.78 is 43.1. The molecule has 0 radical (unpaired) electrons. The van der Waals surface area contributed by atoms with Crippen molar-refractivity contribution in [2.75, 3.05) is 12.3 Å². The SMILES string of the molecule is CCC[C@H](C)OC(=O)[C@H](C)NP(=O)(Oc1ccc(Br)cc1)O[C@H]1OC[C@@H](n2ccc(N)nc2=O)O1. The third-order valence-corrected chi connectivity index (χ3v) is 6.92. The first-order valence-electron chi connectivity index (χ1n) is 10.9. The van der Waals surface area contributed by atoms with Gasteiger partial charge in [-0.15, -0.1) is 0 Å². The molecule has 2 heterocycles. The first kappa shape index (κ1) is 27.3. The Kier molecular flexibility index (Phi) is 9.45. The van der Waals surface area contributed by atoms with E-state index in [1.54, 1.807) is 31.2 Å². The van der Waals surface area contributed by atoms with Crippen molar-refractivity contribution in [3.8, 4) is 5.75 Å². The van der Waals surface area contributed by atoms with Crippen LogP contribution in [0, 0.1) is 0 Å². The van der Waals surface area contributed by atoms with Gasteiger partial charge in [0, 0.05) is 10.7 Å². The number of benzene rings is 1. The molecule has 3 rings (SSSR count). The van der Waals surface area contributed by atoms with Crippen LogP contribution in [0.3, 0.4) is 0 Å². The van der Waals surface area contributed by atoms with E-state index in [1.165, 1.54) is 19.2 Å². The zero-order valence-electron chi connectivity index (χ0n) is 19.5. The maximum atomic E-state index is 13.7. The van der Waals surface area contributed by atoms with E-state index in [-0.39, 0.29) is 24.3 Å². The Balaban J connectivity index is 1.74. The van der Waals surface area contributed by atoms with E-state index in [0.717, 1.165) is 15.5 Å². The fourth-order valence-corrected chi connectivity index (χ4v) is 4.83. The van der Waals surface area contributed by atoms with E-state index in [2.05, 4.69) is 26.0 Å². The Bertz CT molecular complexity index is 1120. The fourth-order valence-electron chi connectivity index (χ4n) is 3.10. The highest BCUT2D eigenvalue weighted by atomic mass is 79.9. The van der Waals surface area contributed by atoms with Gasteiger partial charge >= 0.3 is 19.4 Å². The third-order valence-electron chi connectivity index (χ3n) is 4.79. The molecular formula is C21H28BrN4O8P. The number of nitrogens with two attached hydrogens (primary N) is 1. The second-order valence-corrected chi connectivity index (χ2v) is 10.4. The molecule has 1 aromatic carbocycles. The average molecular weight is 575 g/mol. The fraction of sp³-hybridized carbons (Fsp3) is 0.476. The van der Waals surface area contributed by atoms with Crippen molar-refractivity contribution in [2.24, 2.45) is 0 Å². The maximum absolute atomic E-state index is 13.7. The molecule has 0 amide bonds. The van der Waals surface area contributed by atoms with Crippen molar-refractivity contribution < 1.29 is 32.6 Å². The van der Waals surface area contributed by atoms with Gasteiger partial charge in [0.25, 0.3) is 6.48 Å². The van der Waals surface area contributed by atoms with Crippen molar-refractivity contribution in [3.05, 3.63) is 51.5 Å². The molecule has 1 unspecified atom stereocenters. The van der Waals surface area contributed by atoms with Crippen molar-refractivity contribution in [2.45, 2.75) is 58.5 Å². The van der Waals surface area contributed by atoms with E-state index in [0.29, 0.717) is 6.42 Å². The van der Waals surface area contributed by atoms with Crippen molar-refractivity contribution >= 4 is 35.5 Å². The van der Waals surface area contributed by atoms with Crippen LogP contribution >= 0.6 is 23.7 Å². The second-order valence-electron chi connectivity index (χ2n) is 7.79. The Morgan fingerprint density at radius 1 is 1.34 bits per heavy atom. The highest BCUT2D eigenvalue weighted by Gasteiger charge is 2.40. The van der Waals surface area contributed by atoms with Crippen LogP contribution in [0.25, 0.3) is 0 Å². The molecular weight excluding hydrogens is 547 g/mol. The zero-order valence-corrected chi connectivity index (χ0v) is 21.9. The van der Waals surface area contributed by atoms with Gasteiger partial charge in [-0.3, -0.25) is 9.36 Å². The second kappa shape index (κ2) is 12.1. The number of anilines is 1. The number of esters is 1. The number of nitrogens with zero attached hydrogens (tertiary/aromatic N) is 2. The summed E-state index contributed by atoms with van der Waals surface area (Å²) in [6.07, 6.45) is 1.71. The van der Waals surface area contributed by atoms with Gasteiger partial charge in [0.1, 0.15) is 17.6 Å². The van der Waals surface area contributed by atoms with E-state index in [9.17, 15) is 14.2 Å². The molecule has 0 bridgehead atoms. The van der Waals surface area contributed by atoms with Crippen LogP contribution < -0.4 is 21.0 Å². The van der Waals surface area contributed by atoms with E-state index < -0.39 is 38.2 Å². The van der Waals surface area contributed by atoms with Crippen LogP contribution in [0.1, 0.15) is 39.8 Å². The average Bonchev–Trinajstić information content (AvgIpc) is 3.22. The van der Waals surface area contributed by atoms with Gasteiger partial charge in [-0.25, -0.2) is 13.9 Å². The van der Waals surface area contributed by atoms with Crippen LogP contribution in [-0.2, 0) is 28.1 Å². The molecule has 1 aromatic heterocycles. The number of halogens is 1. The summed E-state index contributed by atoms with van der Waals surface area (Å²) in [7, 11) is -4.25. The Morgan fingerprint density at radius 3 is 2.71 bits per heavy atom. The summed E-state index contributed by atoms with van der Waals surface area (Å²) in [5.74, 6) is -0.360. The van der Waals surface area contributed by atoms with E-state index in [4.69, 9.17) is 29.0 Å². The highest BCUT2D eigenvalue weighted by molar-refractivity contribution is 9.10. The summed E-state index contributed by atoms with van der Waals surface area (Å²) in [6, 6.07) is 6.87. The molecule has 5 atom stereocenters. The van der Waals surface area contributed by atoms with Gasteiger partial charge in [-0.2, -0.15) is 10.1 Å². The molecule has 2 aromatic rings. The monoisotopic (exact) mass is 574 g/mol. The molecule has 192 valence electrons. The number of carbonyl (C=O) groups excluding carboxylic acids is 1. The molecule has 1 fully saturated rings. The van der Waals surface area contributed by atoms with Crippen LogP contribution in [-0.4, -0.2) is 40.7 Å². The van der Waals surface area contributed by atoms with Crippen LogP contribution in [0.5, 0.6) is 5.75 Å². The number of hydrogen-bond donors (Lipinski definition) is 2. The van der Waals surface area contributed by atoms with E-state index in [1.807, 2.05) is 6.92 Å². The van der Waals surface area contributed by atoms with Crippen molar-refractivity contribution in [3.63, 3.8) is 0 Å². The molecule has 3 N–H and O–H groups in total. The third kappa shape index (κ3) is 7.86. The zero-order chi connectivity index (χ0) is 25.6. The molecule has 14 heteroatoms. The van der Waals surface area contributed by atoms with Gasteiger partial charge in [0.2, 0.25) is 0 Å². The molecule has 1 saturated heterocycles. The minimum absolute atomic E-state index is 0.0590. The minimum Gasteiger partial charge on any atom is -0.462 e. The molecule has 12 nitrogen and oxygen atoms in total. The van der Waals surface area contributed by atoms with Crippen LogP contribution in [0.4, 0.5) is 5.82 Å². The van der Waals surface area contributed by atoms with Gasteiger partial charge in [-0.1, -0.05) is 29.3 Å². The lowest BCUT2D eigenvalue weighted by atomic mass is 10.2.